The number of nitrogens with two attached hydrogens (primary N) is 1. The van der Waals surface area contributed by atoms with E-state index >= 15 is 0 Å². The van der Waals surface area contributed by atoms with Crippen LogP contribution in [0.15, 0.2) is 24.3 Å². The van der Waals surface area contributed by atoms with Crippen molar-refractivity contribution in [3.63, 3.8) is 0 Å². The molecule has 0 radical (unpaired) electrons. The molecular weight excluding hydrogens is 510 g/mol. The van der Waals surface area contributed by atoms with Crippen molar-refractivity contribution >= 4 is 35.4 Å². The number of nitrogens with one attached hydrogen (secondary N) is 1. The molecule has 2 atom stereocenters. The first-order chi connectivity index (χ1) is 18.3. The minimum atomic E-state index is -0.833. The van der Waals surface area contributed by atoms with Gasteiger partial charge in [-0.25, -0.2) is 5.10 Å². The number of nitrogens with zero attached hydrogens (tertiary/aromatic N) is 5. The molecule has 1 aromatic carbocycles. The molecule has 0 aliphatic carbocycles. The highest BCUT2D eigenvalue weighted by atomic mass is 35.5. The summed E-state index contributed by atoms with van der Waals surface area (Å²) in [5.41, 5.74) is 6.98. The fraction of sp³-hybridized carbons (Fsp3) is 0.615. The zero-order valence-electron chi connectivity index (χ0n) is 21.9. The molecule has 3 saturated heterocycles. The van der Waals surface area contributed by atoms with Gasteiger partial charge in [-0.15, -0.1) is 5.10 Å². The summed E-state index contributed by atoms with van der Waals surface area (Å²) in [6, 6.07) is 8.87. The van der Waals surface area contributed by atoms with Crippen LogP contribution in [0.2, 0.25) is 5.02 Å². The van der Waals surface area contributed by atoms with E-state index in [0.717, 1.165) is 70.2 Å². The van der Waals surface area contributed by atoms with Gasteiger partial charge >= 0.3 is 0 Å². The average molecular weight is 548 g/mol. The van der Waals surface area contributed by atoms with E-state index < -0.39 is 5.97 Å². The summed E-state index contributed by atoms with van der Waals surface area (Å²) in [4.78, 5) is 32.5. The normalized spacial score (nSPS) is 23.2. The van der Waals surface area contributed by atoms with E-state index in [-0.39, 0.29) is 12.0 Å². The van der Waals surface area contributed by atoms with Crippen molar-refractivity contribution in [2.24, 2.45) is 0 Å². The average Bonchev–Trinajstić information content (AvgIpc) is 3.34. The zero-order valence-corrected chi connectivity index (χ0v) is 22.6. The van der Waals surface area contributed by atoms with E-state index in [4.69, 9.17) is 32.0 Å². The van der Waals surface area contributed by atoms with Gasteiger partial charge in [0.1, 0.15) is 0 Å². The number of amides is 1. The first kappa shape index (κ1) is 28.1. The molecule has 1 aromatic heterocycles. The Morgan fingerprint density at radius 3 is 2.55 bits per heavy atom. The molecule has 0 spiro atoms. The molecule has 3 aliphatic heterocycles. The lowest BCUT2D eigenvalue weighted by Crippen LogP contribution is -2.59. The van der Waals surface area contributed by atoms with E-state index in [1.54, 1.807) is 0 Å². The number of H-pyrrole nitrogens is 1. The van der Waals surface area contributed by atoms with Crippen LogP contribution in [-0.4, -0.2) is 99.5 Å². The fourth-order valence-electron chi connectivity index (χ4n) is 5.51. The Hall–Kier alpha value is -2.89. The maximum absolute atomic E-state index is 12.4. The van der Waals surface area contributed by atoms with Gasteiger partial charge in [0, 0.05) is 63.2 Å². The highest BCUT2D eigenvalue weighted by Gasteiger charge is 2.37. The topological polar surface area (TPSA) is 141 Å². The summed E-state index contributed by atoms with van der Waals surface area (Å²) in [7, 11) is 0. The second-order valence-corrected chi connectivity index (χ2v) is 10.6. The third-order valence-electron chi connectivity index (χ3n) is 7.35. The Kier molecular flexibility index (Phi) is 9.81. The maximum atomic E-state index is 12.4. The second-order valence-electron chi connectivity index (χ2n) is 10.2. The fourth-order valence-corrected chi connectivity index (χ4v) is 5.64. The number of likely N-dealkylation sites (tertiary alicyclic amines) is 1. The number of carbonyl (C=O) groups excluding carboxylic acids is 1. The Bertz CT molecular complexity index is 1050. The largest absolute Gasteiger partial charge is 0.481 e. The molecule has 0 bridgehead atoms. The molecular formula is C26H38ClN7O4. The highest BCUT2D eigenvalue weighted by molar-refractivity contribution is 6.30. The number of nitrogen functional groups attached to an aromatic ring is 1. The Labute approximate surface area is 228 Å². The SMILES string of the molecule is CC(=O)O.Nc1nc(N2CCC(N3C[C@H](CN4CCCCC4=O)OC[C@@H]3Cc3ccc(Cl)cc3)CC2)n[nH]1. The predicted molar refractivity (Wildman–Crippen MR) is 145 cm³/mol. The minimum absolute atomic E-state index is 0.0503. The van der Waals surface area contributed by atoms with Crippen LogP contribution in [0, 0.1) is 0 Å². The quantitative estimate of drug-likeness (QED) is 0.497. The van der Waals surface area contributed by atoms with Crippen molar-refractivity contribution < 1.29 is 19.4 Å². The van der Waals surface area contributed by atoms with Crippen LogP contribution < -0.4 is 10.6 Å². The molecule has 4 heterocycles. The Morgan fingerprint density at radius 2 is 1.92 bits per heavy atom. The second kappa shape index (κ2) is 13.3. The van der Waals surface area contributed by atoms with Gasteiger partial charge in [-0.3, -0.25) is 14.5 Å². The van der Waals surface area contributed by atoms with Gasteiger partial charge in [-0.1, -0.05) is 23.7 Å². The van der Waals surface area contributed by atoms with Crippen LogP contribution in [0.5, 0.6) is 0 Å². The van der Waals surface area contributed by atoms with Gasteiger partial charge in [0.15, 0.2) is 0 Å². The number of rotatable bonds is 6. The Balaban J connectivity index is 0.000000786. The number of anilines is 2. The number of carbonyl (C=O) groups is 2. The van der Waals surface area contributed by atoms with Gasteiger partial charge < -0.3 is 25.4 Å². The van der Waals surface area contributed by atoms with Crippen LogP contribution in [0.3, 0.4) is 0 Å². The molecule has 3 fully saturated rings. The van der Waals surface area contributed by atoms with E-state index in [2.05, 4.69) is 37.1 Å². The van der Waals surface area contributed by atoms with Gasteiger partial charge in [0.05, 0.1) is 12.7 Å². The molecule has 4 N–H and O–H groups in total. The Morgan fingerprint density at radius 1 is 1.21 bits per heavy atom. The van der Waals surface area contributed by atoms with E-state index in [9.17, 15) is 4.79 Å². The van der Waals surface area contributed by atoms with Crippen LogP contribution >= 0.6 is 11.6 Å². The number of halogens is 1. The molecule has 0 saturated carbocycles. The molecule has 0 unspecified atom stereocenters. The lowest BCUT2D eigenvalue weighted by Gasteiger charge is -2.47. The predicted octanol–water partition coefficient (Wildman–Crippen LogP) is 2.42. The van der Waals surface area contributed by atoms with Gasteiger partial charge in [-0.2, -0.15) is 4.98 Å². The lowest BCUT2D eigenvalue weighted by atomic mass is 9.96. The standard InChI is InChI=1S/C24H34ClN7O2.C2H4O2/c25-18-6-4-17(5-7-18)13-20-16-34-21(14-31-10-2-1-3-22(31)33)15-32(20)19-8-11-30(12-9-19)24-27-23(26)28-29-24;1-2(3)4/h4-7,19-21H,1-3,8-16H2,(H3,26,27,28,29);1H3,(H,3,4)/t20-,21-;/m0./s1. The van der Waals surface area contributed by atoms with Crippen molar-refractivity contribution in [2.75, 3.05) is 50.0 Å². The monoisotopic (exact) mass is 547 g/mol. The van der Waals surface area contributed by atoms with Crippen LogP contribution in [-0.2, 0) is 20.7 Å². The molecule has 38 heavy (non-hydrogen) atoms. The summed E-state index contributed by atoms with van der Waals surface area (Å²) < 4.78 is 6.34. The van der Waals surface area contributed by atoms with Gasteiger partial charge in [-0.05, 0) is 49.8 Å². The number of aliphatic carboxylic acids is 1. The third-order valence-corrected chi connectivity index (χ3v) is 7.60. The number of carboxylic acids is 1. The number of carboxylic acid groups (broad SMARTS) is 1. The molecule has 5 rings (SSSR count). The number of hydrogen-bond acceptors (Lipinski definition) is 8. The van der Waals surface area contributed by atoms with Crippen molar-refractivity contribution in [1.82, 2.24) is 25.0 Å². The molecule has 3 aliphatic rings. The van der Waals surface area contributed by atoms with Crippen molar-refractivity contribution in [2.45, 2.75) is 63.6 Å². The highest BCUT2D eigenvalue weighted by Crippen LogP contribution is 2.27. The first-order valence-corrected chi connectivity index (χ1v) is 13.7. The lowest BCUT2D eigenvalue weighted by molar-refractivity contribution is -0.139. The summed E-state index contributed by atoms with van der Waals surface area (Å²) in [6.45, 7) is 5.93. The van der Waals surface area contributed by atoms with Gasteiger partial charge in [0.2, 0.25) is 17.8 Å². The molecule has 2 aromatic rings. The van der Waals surface area contributed by atoms with Crippen LogP contribution in [0.25, 0.3) is 0 Å². The smallest absolute Gasteiger partial charge is 0.300 e. The van der Waals surface area contributed by atoms with Crippen molar-refractivity contribution in [3.05, 3.63) is 34.9 Å². The summed E-state index contributed by atoms with van der Waals surface area (Å²) in [5.74, 6) is 0.462. The molecule has 1 amide bonds. The molecule has 11 nitrogen and oxygen atoms in total. The van der Waals surface area contributed by atoms with Crippen molar-refractivity contribution in [1.29, 1.82) is 0 Å². The van der Waals surface area contributed by atoms with E-state index in [0.29, 0.717) is 43.6 Å². The number of morpholine rings is 1. The number of hydrogen-bond donors (Lipinski definition) is 3. The molecule has 12 heteroatoms. The first-order valence-electron chi connectivity index (χ1n) is 13.3. The summed E-state index contributed by atoms with van der Waals surface area (Å²) in [5, 5.41) is 15.1. The molecule has 208 valence electrons. The van der Waals surface area contributed by atoms with E-state index in [1.807, 2.05) is 17.0 Å². The maximum Gasteiger partial charge on any atom is 0.300 e. The zero-order chi connectivity index (χ0) is 27.1. The third kappa shape index (κ3) is 7.81. The van der Waals surface area contributed by atoms with Crippen molar-refractivity contribution in [3.8, 4) is 0 Å². The number of benzene rings is 1. The van der Waals surface area contributed by atoms with Crippen LogP contribution in [0.1, 0.15) is 44.6 Å². The number of aromatic amines is 1. The minimum Gasteiger partial charge on any atom is -0.481 e. The number of ether oxygens (including phenoxy) is 1. The summed E-state index contributed by atoms with van der Waals surface area (Å²) >= 11 is 6.10. The van der Waals surface area contributed by atoms with E-state index in [1.165, 1.54) is 5.56 Å². The van der Waals surface area contributed by atoms with Crippen LogP contribution in [0.4, 0.5) is 11.9 Å². The summed E-state index contributed by atoms with van der Waals surface area (Å²) in [6.07, 6.45) is 5.79. The number of piperidine rings is 2. The number of aromatic nitrogens is 3. The van der Waals surface area contributed by atoms with Gasteiger partial charge in [0.25, 0.3) is 5.97 Å².